The van der Waals surface area contributed by atoms with Gasteiger partial charge in [0.05, 0.1) is 5.97 Å². The molecule has 13 heavy (non-hydrogen) atoms. The smallest absolute Gasteiger partial charge is 0.548 e. The van der Waals surface area contributed by atoms with Crippen molar-refractivity contribution in [3.05, 3.63) is 0 Å². The number of rotatable bonds is 5. The normalized spacial score (nSPS) is 11.2. The number of hydrogen-bond donors (Lipinski definition) is 3. The zero-order valence-corrected chi connectivity index (χ0v) is 10.7. The summed E-state index contributed by atoms with van der Waals surface area (Å²) in [5.41, 5.74) is 9.89. The first-order valence-corrected chi connectivity index (χ1v) is 3.53. The molecule has 6 nitrogen and oxygen atoms in total. The average molecular weight is 213 g/mol. The van der Waals surface area contributed by atoms with Crippen LogP contribution in [0, 0.1) is 0 Å². The third kappa shape index (κ3) is 10.3. The van der Waals surface area contributed by atoms with Crippen molar-refractivity contribution in [2.75, 3.05) is 6.54 Å². The van der Waals surface area contributed by atoms with Gasteiger partial charge in [0, 0.05) is 12.6 Å². The van der Waals surface area contributed by atoms with Crippen LogP contribution in [0.25, 0.3) is 0 Å². The molecule has 70 valence electrons. The molecule has 0 saturated carbocycles. The Morgan fingerprint density at radius 1 is 1.46 bits per heavy atom. The molecular weight excluding hydrogens is 201 g/mol. The summed E-state index contributed by atoms with van der Waals surface area (Å²) in [7, 11) is 0. The monoisotopic (exact) mass is 213 g/mol. The van der Waals surface area contributed by atoms with Crippen molar-refractivity contribution in [2.45, 2.75) is 18.9 Å². The van der Waals surface area contributed by atoms with Crippen LogP contribution in [0.2, 0.25) is 0 Å². The number of hydrogen-bond acceptors (Lipinski definition) is 4. The van der Waals surface area contributed by atoms with Crippen LogP contribution in [0.4, 0.5) is 4.79 Å². The van der Waals surface area contributed by atoms with Gasteiger partial charge in [0.1, 0.15) is 0 Å². The van der Waals surface area contributed by atoms with E-state index >= 15 is 0 Å². The molecule has 7 heteroatoms. The first-order valence-electron chi connectivity index (χ1n) is 3.53. The Bertz CT molecular complexity index is 177. The van der Waals surface area contributed by atoms with E-state index in [1.807, 2.05) is 0 Å². The van der Waals surface area contributed by atoms with Crippen molar-refractivity contribution in [1.29, 1.82) is 0 Å². The molecule has 0 aliphatic rings. The molecule has 0 rings (SSSR count). The van der Waals surface area contributed by atoms with Crippen molar-refractivity contribution in [3.8, 4) is 0 Å². The number of carboxylic acid groups (broad SMARTS) is 1. The SMILES string of the molecule is NC(=O)NCCC[C@H](N)C(=O)[O-].[K+]. The van der Waals surface area contributed by atoms with Gasteiger partial charge in [-0.3, -0.25) is 0 Å². The molecule has 0 aromatic rings. The van der Waals surface area contributed by atoms with Crippen molar-refractivity contribution in [2.24, 2.45) is 11.5 Å². The molecule has 0 aromatic carbocycles. The van der Waals surface area contributed by atoms with E-state index < -0.39 is 18.0 Å². The van der Waals surface area contributed by atoms with E-state index in [9.17, 15) is 14.7 Å². The van der Waals surface area contributed by atoms with E-state index in [1.165, 1.54) is 0 Å². The number of primary amides is 1. The summed E-state index contributed by atoms with van der Waals surface area (Å²) in [5.74, 6) is -1.28. The Balaban J connectivity index is 0. The maximum Gasteiger partial charge on any atom is 1.00 e. The van der Waals surface area contributed by atoms with E-state index in [2.05, 4.69) is 5.32 Å². The van der Waals surface area contributed by atoms with Gasteiger partial charge in [0.25, 0.3) is 0 Å². The fourth-order valence-corrected chi connectivity index (χ4v) is 0.651. The summed E-state index contributed by atoms with van der Waals surface area (Å²) >= 11 is 0. The fourth-order valence-electron chi connectivity index (χ4n) is 0.651. The molecule has 0 aliphatic heterocycles. The minimum atomic E-state index is -1.28. The van der Waals surface area contributed by atoms with Gasteiger partial charge in [-0.05, 0) is 12.8 Å². The van der Waals surface area contributed by atoms with Gasteiger partial charge in [-0.15, -0.1) is 0 Å². The second-order valence-corrected chi connectivity index (χ2v) is 2.36. The van der Waals surface area contributed by atoms with Crippen molar-refractivity contribution in [3.63, 3.8) is 0 Å². The Hall–Kier alpha value is 0.336. The van der Waals surface area contributed by atoms with E-state index in [0.29, 0.717) is 13.0 Å². The summed E-state index contributed by atoms with van der Waals surface area (Å²) < 4.78 is 0. The van der Waals surface area contributed by atoms with Crippen molar-refractivity contribution in [1.82, 2.24) is 5.32 Å². The number of urea groups is 1. The number of carboxylic acids is 1. The average Bonchev–Trinajstić information content (AvgIpc) is 1.97. The quantitative estimate of drug-likeness (QED) is 0.311. The molecule has 0 aromatic heterocycles. The van der Waals surface area contributed by atoms with Gasteiger partial charge < -0.3 is 26.7 Å². The Morgan fingerprint density at radius 2 is 2.00 bits per heavy atom. The summed E-state index contributed by atoms with van der Waals surface area (Å²) in [6.45, 7) is 0.330. The molecule has 0 bridgehead atoms. The van der Waals surface area contributed by atoms with Crippen LogP contribution in [-0.4, -0.2) is 24.6 Å². The van der Waals surface area contributed by atoms with Gasteiger partial charge in [-0.2, -0.15) is 0 Å². The maximum absolute atomic E-state index is 10.1. The molecule has 0 fully saturated rings. The number of nitrogens with two attached hydrogens (primary N) is 2. The Labute approximate surface area is 119 Å². The zero-order chi connectivity index (χ0) is 9.56. The molecular formula is C6H12KN3O3. The summed E-state index contributed by atoms with van der Waals surface area (Å²) in [4.78, 5) is 20.2. The van der Waals surface area contributed by atoms with Gasteiger partial charge >= 0.3 is 57.4 Å². The molecule has 2 amide bonds. The topological polar surface area (TPSA) is 121 Å². The molecule has 0 spiro atoms. The number of carbonyl (C=O) groups is 2. The minimum Gasteiger partial charge on any atom is -0.548 e. The van der Waals surface area contributed by atoms with Crippen molar-refractivity contribution < 1.29 is 66.1 Å². The Kier molecular flexibility index (Phi) is 10.8. The van der Waals surface area contributed by atoms with Gasteiger partial charge in [0.2, 0.25) is 0 Å². The van der Waals surface area contributed by atoms with E-state index in [-0.39, 0.29) is 57.8 Å². The van der Waals surface area contributed by atoms with E-state index in [4.69, 9.17) is 11.5 Å². The summed E-state index contributed by atoms with van der Waals surface area (Å²) in [6, 6.07) is -1.60. The first-order chi connectivity index (χ1) is 5.54. The van der Waals surface area contributed by atoms with Crippen LogP contribution in [0.15, 0.2) is 0 Å². The molecule has 0 radical (unpaired) electrons. The van der Waals surface area contributed by atoms with Gasteiger partial charge in [-0.25, -0.2) is 4.79 Å². The molecule has 5 N–H and O–H groups in total. The predicted octanol–water partition coefficient (Wildman–Crippen LogP) is -5.48. The Morgan fingerprint density at radius 3 is 2.38 bits per heavy atom. The number of carbonyl (C=O) groups excluding carboxylic acids is 2. The second kappa shape index (κ2) is 8.91. The molecule has 0 unspecified atom stereocenters. The number of aliphatic carboxylic acids is 1. The van der Waals surface area contributed by atoms with Crippen LogP contribution in [-0.2, 0) is 4.79 Å². The standard InChI is InChI=1S/C6H13N3O3.K/c7-4(5(10)11)2-1-3-9-6(8)12;/h4H,1-3,7H2,(H,10,11)(H3,8,9,12);/q;+1/p-1/t4-;/m0./s1. The predicted molar refractivity (Wildman–Crippen MR) is 39.8 cm³/mol. The number of nitrogens with one attached hydrogen (secondary N) is 1. The van der Waals surface area contributed by atoms with Gasteiger partial charge in [-0.1, -0.05) is 0 Å². The molecule has 1 atom stereocenters. The molecule has 0 aliphatic carbocycles. The molecule has 0 saturated heterocycles. The van der Waals surface area contributed by atoms with Crippen LogP contribution < -0.4 is 73.3 Å². The van der Waals surface area contributed by atoms with Crippen LogP contribution in [0.3, 0.4) is 0 Å². The molecule has 0 heterocycles. The second-order valence-electron chi connectivity index (χ2n) is 2.36. The van der Waals surface area contributed by atoms with Crippen LogP contribution in [0.5, 0.6) is 0 Å². The van der Waals surface area contributed by atoms with Crippen molar-refractivity contribution >= 4 is 12.0 Å². The fraction of sp³-hybridized carbons (Fsp3) is 0.667. The zero-order valence-electron chi connectivity index (χ0n) is 7.58. The van der Waals surface area contributed by atoms with Crippen LogP contribution >= 0.6 is 0 Å². The first kappa shape index (κ1) is 15.8. The number of amides is 2. The van der Waals surface area contributed by atoms with Crippen LogP contribution in [0.1, 0.15) is 12.8 Å². The summed E-state index contributed by atoms with van der Waals surface area (Å²) in [5, 5.41) is 12.4. The largest absolute Gasteiger partial charge is 1.00 e. The minimum absolute atomic E-state index is 0. The maximum atomic E-state index is 10.1. The third-order valence-corrected chi connectivity index (χ3v) is 1.29. The van der Waals surface area contributed by atoms with Gasteiger partial charge in [0.15, 0.2) is 0 Å². The summed E-state index contributed by atoms with van der Waals surface area (Å²) in [6.07, 6.45) is 0.737. The third-order valence-electron chi connectivity index (χ3n) is 1.29. The van der Waals surface area contributed by atoms with E-state index in [0.717, 1.165) is 0 Å². The van der Waals surface area contributed by atoms with E-state index in [1.54, 1.807) is 0 Å².